The maximum absolute atomic E-state index is 9.51. The Morgan fingerprint density at radius 2 is 2.00 bits per heavy atom. The zero-order valence-electron chi connectivity index (χ0n) is 10.8. The Morgan fingerprint density at radius 1 is 1.20 bits per heavy atom. The first kappa shape index (κ1) is 13.1. The number of nitrogens with two attached hydrogens (primary N) is 1. The topological polar surface area (TPSA) is 64.1 Å². The van der Waals surface area contributed by atoms with Crippen molar-refractivity contribution in [3.8, 4) is 0 Å². The van der Waals surface area contributed by atoms with Crippen LogP contribution in [-0.2, 0) is 13.2 Å². The first-order chi connectivity index (χ1) is 9.69. The number of imidazole rings is 1. The van der Waals surface area contributed by atoms with Crippen LogP contribution in [-0.4, -0.2) is 14.7 Å². The van der Waals surface area contributed by atoms with Gasteiger partial charge < -0.3 is 15.4 Å². The number of fused-ring (bicyclic) bond motifs is 1. The quantitative estimate of drug-likeness (QED) is 0.725. The van der Waals surface area contributed by atoms with Gasteiger partial charge in [-0.25, -0.2) is 4.98 Å². The molecule has 0 spiro atoms. The van der Waals surface area contributed by atoms with Gasteiger partial charge in [0.25, 0.3) is 0 Å². The number of benzene rings is 2. The number of nitrogens with zero attached hydrogens (tertiary/aromatic N) is 2. The summed E-state index contributed by atoms with van der Waals surface area (Å²) in [5, 5.41) is 9.51. The van der Waals surface area contributed by atoms with E-state index in [4.69, 9.17) is 5.73 Å². The minimum Gasteiger partial charge on any atom is -0.399 e. The zero-order valence-corrected chi connectivity index (χ0v) is 12.3. The van der Waals surface area contributed by atoms with Gasteiger partial charge >= 0.3 is 0 Å². The molecular weight excluding hydrogens is 318 g/mol. The molecule has 3 aromatic rings. The Labute approximate surface area is 125 Å². The monoisotopic (exact) mass is 331 g/mol. The number of nitrogen functional groups attached to an aromatic ring is 1. The van der Waals surface area contributed by atoms with Crippen molar-refractivity contribution in [3.63, 3.8) is 0 Å². The van der Waals surface area contributed by atoms with E-state index in [9.17, 15) is 5.11 Å². The van der Waals surface area contributed by atoms with E-state index in [0.29, 0.717) is 18.1 Å². The number of rotatable bonds is 3. The third kappa shape index (κ3) is 2.30. The molecule has 4 nitrogen and oxygen atoms in total. The summed E-state index contributed by atoms with van der Waals surface area (Å²) in [6, 6.07) is 13.6. The summed E-state index contributed by atoms with van der Waals surface area (Å²) in [6.45, 7) is 0.552. The zero-order chi connectivity index (χ0) is 14.1. The molecule has 3 N–H and O–H groups in total. The first-order valence-electron chi connectivity index (χ1n) is 6.28. The number of aliphatic hydroxyl groups is 1. The lowest BCUT2D eigenvalue weighted by Crippen LogP contribution is -2.05. The van der Waals surface area contributed by atoms with Gasteiger partial charge in [0.05, 0.1) is 17.6 Å². The molecule has 0 amide bonds. The van der Waals surface area contributed by atoms with Crippen LogP contribution in [0.5, 0.6) is 0 Å². The first-order valence-corrected chi connectivity index (χ1v) is 7.07. The van der Waals surface area contributed by atoms with Crippen LogP contribution >= 0.6 is 15.9 Å². The van der Waals surface area contributed by atoms with Gasteiger partial charge in [-0.05, 0) is 29.8 Å². The lowest BCUT2D eigenvalue weighted by Gasteiger charge is -2.09. The fraction of sp³-hybridized carbons (Fsp3) is 0.133. The van der Waals surface area contributed by atoms with Crippen LogP contribution in [0, 0.1) is 0 Å². The smallest absolute Gasteiger partial charge is 0.136 e. The molecule has 0 saturated carbocycles. The largest absolute Gasteiger partial charge is 0.399 e. The summed E-state index contributed by atoms with van der Waals surface area (Å²) >= 11 is 3.55. The molecule has 0 aliphatic carbocycles. The third-order valence-electron chi connectivity index (χ3n) is 3.28. The number of hydrogen-bond donors (Lipinski definition) is 2. The molecule has 0 fully saturated rings. The number of aromatic nitrogens is 2. The van der Waals surface area contributed by atoms with Crippen LogP contribution in [0.15, 0.2) is 46.9 Å². The maximum Gasteiger partial charge on any atom is 0.136 e. The average Bonchev–Trinajstić information content (AvgIpc) is 2.78. The molecule has 3 rings (SSSR count). The van der Waals surface area contributed by atoms with E-state index in [1.807, 2.05) is 47.0 Å². The molecule has 0 radical (unpaired) electrons. The maximum atomic E-state index is 9.51. The minimum atomic E-state index is -0.0982. The van der Waals surface area contributed by atoms with Crippen LogP contribution < -0.4 is 5.73 Å². The molecule has 1 heterocycles. The number of aliphatic hydroxyl groups excluding tert-OH is 1. The van der Waals surface area contributed by atoms with Gasteiger partial charge in [-0.2, -0.15) is 0 Å². The van der Waals surface area contributed by atoms with E-state index in [-0.39, 0.29) is 6.61 Å². The highest BCUT2D eigenvalue weighted by atomic mass is 79.9. The van der Waals surface area contributed by atoms with Crippen LogP contribution in [0.4, 0.5) is 5.69 Å². The van der Waals surface area contributed by atoms with Gasteiger partial charge in [0.2, 0.25) is 0 Å². The van der Waals surface area contributed by atoms with Crippen molar-refractivity contribution in [1.82, 2.24) is 9.55 Å². The fourth-order valence-corrected chi connectivity index (χ4v) is 2.70. The standard InChI is InChI=1S/C15H14BrN3O/c16-12-4-2-1-3-10(12)8-19-14-6-5-11(17)7-13(14)18-15(19)9-20/h1-7,20H,8-9,17H2. The highest BCUT2D eigenvalue weighted by Crippen LogP contribution is 2.23. The van der Waals surface area contributed by atoms with E-state index < -0.39 is 0 Å². The molecular formula is C15H14BrN3O. The highest BCUT2D eigenvalue weighted by molar-refractivity contribution is 9.10. The second-order valence-corrected chi connectivity index (χ2v) is 5.47. The molecule has 102 valence electrons. The van der Waals surface area contributed by atoms with Crippen molar-refractivity contribution in [2.75, 3.05) is 5.73 Å². The van der Waals surface area contributed by atoms with Gasteiger partial charge in [-0.1, -0.05) is 34.1 Å². The van der Waals surface area contributed by atoms with Crippen LogP contribution in [0.3, 0.4) is 0 Å². The molecule has 5 heteroatoms. The summed E-state index contributed by atoms with van der Waals surface area (Å²) in [6.07, 6.45) is 0. The van der Waals surface area contributed by atoms with Crippen molar-refractivity contribution in [2.24, 2.45) is 0 Å². The fourth-order valence-electron chi connectivity index (χ4n) is 2.29. The van der Waals surface area contributed by atoms with Crippen LogP contribution in [0.25, 0.3) is 11.0 Å². The molecule has 2 aromatic carbocycles. The summed E-state index contributed by atoms with van der Waals surface area (Å²) < 4.78 is 3.05. The molecule has 0 bridgehead atoms. The Morgan fingerprint density at radius 3 is 2.75 bits per heavy atom. The Balaban J connectivity index is 2.12. The Kier molecular flexibility index (Phi) is 3.46. The molecule has 0 aliphatic rings. The molecule has 1 aromatic heterocycles. The van der Waals surface area contributed by atoms with Crippen molar-refractivity contribution in [1.29, 1.82) is 0 Å². The number of anilines is 1. The number of hydrogen-bond acceptors (Lipinski definition) is 3. The molecule has 20 heavy (non-hydrogen) atoms. The third-order valence-corrected chi connectivity index (χ3v) is 4.05. The predicted molar refractivity (Wildman–Crippen MR) is 83.3 cm³/mol. The Bertz CT molecular complexity index is 767. The second kappa shape index (κ2) is 5.26. The second-order valence-electron chi connectivity index (χ2n) is 4.61. The normalized spacial score (nSPS) is 11.1. The molecule has 0 aliphatic heterocycles. The SMILES string of the molecule is Nc1ccc2c(c1)nc(CO)n2Cc1ccccc1Br. The van der Waals surface area contributed by atoms with E-state index in [2.05, 4.69) is 20.9 Å². The van der Waals surface area contributed by atoms with Gasteiger partial charge in [0.1, 0.15) is 12.4 Å². The van der Waals surface area contributed by atoms with Crippen molar-refractivity contribution >= 4 is 32.7 Å². The average molecular weight is 332 g/mol. The lowest BCUT2D eigenvalue weighted by atomic mass is 10.2. The van der Waals surface area contributed by atoms with Crippen molar-refractivity contribution in [3.05, 3.63) is 58.3 Å². The van der Waals surface area contributed by atoms with Gasteiger partial charge in [-0.15, -0.1) is 0 Å². The van der Waals surface area contributed by atoms with Gasteiger partial charge in [0.15, 0.2) is 0 Å². The van der Waals surface area contributed by atoms with Crippen molar-refractivity contribution in [2.45, 2.75) is 13.2 Å². The summed E-state index contributed by atoms with van der Waals surface area (Å²) in [4.78, 5) is 4.44. The number of halogens is 1. The van der Waals surface area contributed by atoms with Gasteiger partial charge in [-0.3, -0.25) is 0 Å². The highest BCUT2D eigenvalue weighted by Gasteiger charge is 2.11. The van der Waals surface area contributed by atoms with Crippen LogP contribution in [0.2, 0.25) is 0 Å². The summed E-state index contributed by atoms with van der Waals surface area (Å²) in [7, 11) is 0. The lowest BCUT2D eigenvalue weighted by molar-refractivity contribution is 0.267. The van der Waals surface area contributed by atoms with Crippen molar-refractivity contribution < 1.29 is 5.11 Å². The predicted octanol–water partition coefficient (Wildman–Crippen LogP) is 2.92. The van der Waals surface area contributed by atoms with Crippen LogP contribution in [0.1, 0.15) is 11.4 Å². The van der Waals surface area contributed by atoms with E-state index >= 15 is 0 Å². The Hall–Kier alpha value is -1.85. The molecule has 0 atom stereocenters. The van der Waals surface area contributed by atoms with E-state index in [0.717, 1.165) is 21.1 Å². The molecule has 0 unspecified atom stereocenters. The molecule has 0 saturated heterocycles. The van der Waals surface area contributed by atoms with Gasteiger partial charge in [0, 0.05) is 10.2 Å². The van der Waals surface area contributed by atoms with E-state index in [1.54, 1.807) is 0 Å². The van der Waals surface area contributed by atoms with E-state index in [1.165, 1.54) is 0 Å². The summed E-state index contributed by atoms with van der Waals surface area (Å²) in [5.41, 5.74) is 9.37. The summed E-state index contributed by atoms with van der Waals surface area (Å²) in [5.74, 6) is 0.640. The minimum absolute atomic E-state index is 0.0982.